The van der Waals surface area contributed by atoms with E-state index in [0.717, 1.165) is 42.9 Å². The number of aromatic nitrogens is 1. The van der Waals surface area contributed by atoms with Crippen molar-refractivity contribution in [1.82, 2.24) is 9.88 Å². The fourth-order valence-electron chi connectivity index (χ4n) is 4.01. The lowest BCUT2D eigenvalue weighted by Crippen LogP contribution is -2.32. The number of carbonyl (C=O) groups excluding carboxylic acids is 2. The van der Waals surface area contributed by atoms with E-state index in [0.29, 0.717) is 23.7 Å². The van der Waals surface area contributed by atoms with Crippen LogP contribution in [0.1, 0.15) is 54.0 Å². The summed E-state index contributed by atoms with van der Waals surface area (Å²) in [4.78, 5) is 25.6. The van der Waals surface area contributed by atoms with Gasteiger partial charge in [0.1, 0.15) is 11.6 Å². The predicted octanol–water partition coefficient (Wildman–Crippen LogP) is 4.22. The molecular weight excluding hydrogens is 416 g/mol. The maximum Gasteiger partial charge on any atom is 0.266 e. The van der Waals surface area contributed by atoms with Crippen LogP contribution in [0, 0.1) is 31.1 Å². The van der Waals surface area contributed by atoms with Gasteiger partial charge in [-0.2, -0.15) is 5.26 Å². The number of nitrogens with one attached hydrogen (secondary N) is 2. The maximum absolute atomic E-state index is 12.9. The van der Waals surface area contributed by atoms with Gasteiger partial charge in [0.2, 0.25) is 0 Å². The highest BCUT2D eigenvalue weighted by molar-refractivity contribution is 6.12. The topological polar surface area (TPSA) is 96.2 Å². The molecule has 0 saturated carbocycles. The highest BCUT2D eigenvalue weighted by atomic mass is 16.5. The monoisotopic (exact) mass is 448 g/mol. The van der Waals surface area contributed by atoms with E-state index in [9.17, 15) is 14.9 Å². The molecule has 3 rings (SSSR count). The molecule has 2 aromatic rings. The van der Waals surface area contributed by atoms with Gasteiger partial charge in [-0.15, -0.1) is 0 Å². The van der Waals surface area contributed by atoms with Gasteiger partial charge in [-0.3, -0.25) is 9.59 Å². The molecule has 2 N–H and O–H groups in total. The van der Waals surface area contributed by atoms with Crippen LogP contribution in [0.15, 0.2) is 35.9 Å². The highest BCUT2D eigenvalue weighted by Crippen LogP contribution is 2.21. The first-order valence-electron chi connectivity index (χ1n) is 11.4. The van der Waals surface area contributed by atoms with Crippen molar-refractivity contribution in [1.29, 1.82) is 5.26 Å². The Balaban J connectivity index is 1.76. The van der Waals surface area contributed by atoms with Crippen LogP contribution < -0.4 is 10.6 Å². The number of nitriles is 1. The van der Waals surface area contributed by atoms with E-state index in [1.54, 1.807) is 30.3 Å². The van der Waals surface area contributed by atoms with Crippen LogP contribution in [0.25, 0.3) is 6.08 Å². The minimum atomic E-state index is -0.550. The molecular formula is C26H32N4O3. The van der Waals surface area contributed by atoms with E-state index >= 15 is 0 Å². The second kappa shape index (κ2) is 11.0. The van der Waals surface area contributed by atoms with Gasteiger partial charge in [-0.05, 0) is 62.4 Å². The van der Waals surface area contributed by atoms with Crippen LogP contribution in [0.5, 0.6) is 0 Å². The molecule has 1 aromatic heterocycles. The number of hydrogen-bond donors (Lipinski definition) is 2. The van der Waals surface area contributed by atoms with E-state index in [1.807, 2.05) is 26.0 Å². The zero-order valence-electron chi connectivity index (χ0n) is 19.8. The van der Waals surface area contributed by atoms with Crippen molar-refractivity contribution < 1.29 is 14.3 Å². The molecule has 2 amide bonds. The number of anilines is 1. The molecule has 1 aliphatic heterocycles. The number of nitrogens with zero attached hydrogens (tertiary/aromatic N) is 2. The van der Waals surface area contributed by atoms with Gasteiger partial charge >= 0.3 is 0 Å². The first kappa shape index (κ1) is 24.3. The van der Waals surface area contributed by atoms with E-state index in [2.05, 4.69) is 29.0 Å². The summed E-state index contributed by atoms with van der Waals surface area (Å²) >= 11 is 0. The van der Waals surface area contributed by atoms with Gasteiger partial charge in [0.15, 0.2) is 0 Å². The molecule has 0 aliphatic carbocycles. The molecule has 7 nitrogen and oxygen atoms in total. The van der Waals surface area contributed by atoms with Crippen molar-refractivity contribution in [3.05, 3.63) is 58.4 Å². The molecule has 1 aromatic carbocycles. The zero-order chi connectivity index (χ0) is 24.0. The van der Waals surface area contributed by atoms with Crippen LogP contribution in [-0.4, -0.2) is 35.6 Å². The van der Waals surface area contributed by atoms with Gasteiger partial charge in [-0.25, -0.2) is 0 Å². The lowest BCUT2D eigenvalue weighted by Gasteiger charge is -2.13. The van der Waals surface area contributed by atoms with Crippen molar-refractivity contribution in [2.24, 2.45) is 5.92 Å². The standard InChI is InChI=1S/C26H32N4O3/c1-17(2)16-30-18(3)12-20(19(30)4)13-21(14-27)25(31)29-24-10-6-5-9-23(24)26(32)28-15-22-8-7-11-33-22/h5-6,9-10,12-13,17,22H,7-8,11,15-16H2,1-4H3,(H,28,32)(H,29,31)/b21-13+. The van der Waals surface area contributed by atoms with E-state index in [4.69, 9.17) is 4.74 Å². The third-order valence-corrected chi connectivity index (χ3v) is 5.76. The number of amides is 2. The fourth-order valence-corrected chi connectivity index (χ4v) is 4.01. The number of para-hydroxylation sites is 1. The average molecular weight is 449 g/mol. The van der Waals surface area contributed by atoms with Crippen molar-refractivity contribution >= 4 is 23.6 Å². The first-order valence-corrected chi connectivity index (χ1v) is 11.4. The number of hydrogen-bond acceptors (Lipinski definition) is 4. The Bertz CT molecular complexity index is 1090. The van der Waals surface area contributed by atoms with Crippen molar-refractivity contribution in [2.75, 3.05) is 18.5 Å². The fraction of sp³-hybridized carbons (Fsp3) is 0.423. The molecule has 174 valence electrons. The second-order valence-electron chi connectivity index (χ2n) is 8.85. The van der Waals surface area contributed by atoms with Crippen molar-refractivity contribution in [3.8, 4) is 6.07 Å². The van der Waals surface area contributed by atoms with Gasteiger partial charge in [0.25, 0.3) is 11.8 Å². The van der Waals surface area contributed by atoms with Gasteiger partial charge in [-0.1, -0.05) is 26.0 Å². The van der Waals surface area contributed by atoms with Crippen molar-refractivity contribution in [3.63, 3.8) is 0 Å². The van der Waals surface area contributed by atoms with Gasteiger partial charge < -0.3 is 19.9 Å². The number of aryl methyl sites for hydroxylation is 1. The van der Waals surface area contributed by atoms with E-state index < -0.39 is 5.91 Å². The van der Waals surface area contributed by atoms with Gasteiger partial charge in [0, 0.05) is 31.1 Å². The zero-order valence-corrected chi connectivity index (χ0v) is 19.8. The molecule has 0 radical (unpaired) electrons. The highest BCUT2D eigenvalue weighted by Gasteiger charge is 2.20. The molecule has 1 unspecified atom stereocenters. The van der Waals surface area contributed by atoms with Crippen LogP contribution >= 0.6 is 0 Å². The summed E-state index contributed by atoms with van der Waals surface area (Å²) in [6, 6.07) is 10.8. The normalized spacial score (nSPS) is 16.0. The quantitative estimate of drug-likeness (QED) is 0.467. The Morgan fingerprint density at radius 2 is 2.06 bits per heavy atom. The summed E-state index contributed by atoms with van der Waals surface area (Å²) in [6.07, 6.45) is 3.55. The molecule has 1 fully saturated rings. The van der Waals surface area contributed by atoms with Crippen LogP contribution in [0.4, 0.5) is 5.69 Å². The van der Waals surface area contributed by atoms with Gasteiger partial charge in [0.05, 0.1) is 17.4 Å². The molecule has 1 saturated heterocycles. The second-order valence-corrected chi connectivity index (χ2v) is 8.85. The molecule has 2 heterocycles. The minimum Gasteiger partial charge on any atom is -0.376 e. The predicted molar refractivity (Wildman–Crippen MR) is 129 cm³/mol. The maximum atomic E-state index is 12.9. The Morgan fingerprint density at radius 1 is 1.30 bits per heavy atom. The Morgan fingerprint density at radius 3 is 2.73 bits per heavy atom. The lowest BCUT2D eigenvalue weighted by molar-refractivity contribution is -0.112. The summed E-state index contributed by atoms with van der Waals surface area (Å²) in [5, 5.41) is 15.3. The lowest BCUT2D eigenvalue weighted by atomic mass is 10.1. The number of benzene rings is 1. The van der Waals surface area contributed by atoms with Crippen LogP contribution in [-0.2, 0) is 16.1 Å². The Hall–Kier alpha value is -3.37. The molecule has 1 aliphatic rings. The van der Waals surface area contributed by atoms with Crippen molar-refractivity contribution in [2.45, 2.75) is 53.2 Å². The smallest absolute Gasteiger partial charge is 0.266 e. The summed E-state index contributed by atoms with van der Waals surface area (Å²) in [7, 11) is 0. The number of carbonyl (C=O) groups is 2. The summed E-state index contributed by atoms with van der Waals surface area (Å²) < 4.78 is 7.74. The Labute approximate surface area is 195 Å². The Kier molecular flexibility index (Phi) is 8.07. The number of ether oxygens (including phenoxy) is 1. The van der Waals surface area contributed by atoms with E-state index in [1.165, 1.54) is 0 Å². The molecule has 0 bridgehead atoms. The molecule has 33 heavy (non-hydrogen) atoms. The third-order valence-electron chi connectivity index (χ3n) is 5.76. The average Bonchev–Trinajstić information content (AvgIpc) is 3.40. The largest absolute Gasteiger partial charge is 0.376 e. The molecule has 0 spiro atoms. The van der Waals surface area contributed by atoms with Crippen LogP contribution in [0.3, 0.4) is 0 Å². The number of rotatable bonds is 8. The summed E-state index contributed by atoms with van der Waals surface area (Å²) in [5.74, 6) is -0.361. The van der Waals surface area contributed by atoms with Crippen LogP contribution in [0.2, 0.25) is 0 Å². The van der Waals surface area contributed by atoms with E-state index in [-0.39, 0.29) is 17.6 Å². The first-order chi connectivity index (χ1) is 15.8. The SMILES string of the molecule is Cc1cc(/C=C(\C#N)C(=O)Nc2ccccc2C(=O)NCC2CCCO2)c(C)n1CC(C)C. The third kappa shape index (κ3) is 6.11. The minimum absolute atomic E-state index is 0.0191. The summed E-state index contributed by atoms with van der Waals surface area (Å²) in [5.41, 5.74) is 3.61. The molecule has 1 atom stereocenters. The summed E-state index contributed by atoms with van der Waals surface area (Å²) in [6.45, 7) is 10.3. The molecule has 7 heteroatoms.